The van der Waals surface area contributed by atoms with Crippen molar-refractivity contribution in [2.75, 3.05) is 0 Å². The number of benzene rings is 1. The molecular weight excluding hydrogens is 310 g/mol. The molecule has 2 aromatic rings. The first-order chi connectivity index (χ1) is 10.1. The van der Waals surface area contributed by atoms with Crippen LogP contribution < -0.4 is 5.32 Å². The Bertz CT molecular complexity index is 752. The molecule has 3 rings (SSSR count). The lowest BCUT2D eigenvalue weighted by atomic mass is 9.96. The number of Topliss-reactive ketones (excluding diaryl/α,β-unsaturated/α-hetero) is 1. The van der Waals surface area contributed by atoms with Gasteiger partial charge in [0.15, 0.2) is 5.76 Å². The second-order valence-corrected chi connectivity index (χ2v) is 5.85. The number of hydrogen-bond donors (Lipinski definition) is 2. The van der Waals surface area contributed by atoms with E-state index in [0.29, 0.717) is 15.5 Å². The van der Waals surface area contributed by atoms with Gasteiger partial charge in [0, 0.05) is 5.02 Å². The Hall–Kier alpha value is -2.11. The molecule has 0 aliphatic carbocycles. The highest BCUT2D eigenvalue weighted by atomic mass is 35.5. The van der Waals surface area contributed by atoms with Crippen LogP contribution >= 0.6 is 22.9 Å². The van der Waals surface area contributed by atoms with Gasteiger partial charge in [-0.1, -0.05) is 35.9 Å². The molecule has 1 atom stereocenters. The summed E-state index contributed by atoms with van der Waals surface area (Å²) in [6.45, 7) is 0. The number of hydrogen-bond acceptors (Lipinski definition) is 4. The lowest BCUT2D eigenvalue weighted by Crippen LogP contribution is -2.23. The lowest BCUT2D eigenvalue weighted by Gasteiger charge is -2.15. The summed E-state index contributed by atoms with van der Waals surface area (Å²) in [5.41, 5.74) is 0.618. The summed E-state index contributed by atoms with van der Waals surface area (Å²) < 4.78 is 0. The summed E-state index contributed by atoms with van der Waals surface area (Å²) in [6, 6.07) is 9.56. The summed E-state index contributed by atoms with van der Waals surface area (Å²) in [5, 5.41) is 14.7. The van der Waals surface area contributed by atoms with Crippen molar-refractivity contribution in [2.24, 2.45) is 0 Å². The molecule has 106 valence electrons. The monoisotopic (exact) mass is 319 g/mol. The molecule has 0 fully saturated rings. The first-order valence-electron chi connectivity index (χ1n) is 6.16. The van der Waals surface area contributed by atoms with Crippen molar-refractivity contribution >= 4 is 34.6 Å². The van der Waals surface area contributed by atoms with Gasteiger partial charge in [-0.3, -0.25) is 9.59 Å². The molecule has 0 bridgehead atoms. The Labute approximate surface area is 129 Å². The van der Waals surface area contributed by atoms with Crippen LogP contribution in [0.4, 0.5) is 0 Å². The fourth-order valence-corrected chi connectivity index (χ4v) is 3.17. The molecule has 6 heteroatoms. The zero-order chi connectivity index (χ0) is 15.0. The molecule has 0 unspecified atom stereocenters. The lowest BCUT2D eigenvalue weighted by molar-refractivity contribution is -0.119. The molecule has 2 N–H and O–H groups in total. The highest BCUT2D eigenvalue weighted by Crippen LogP contribution is 2.35. The molecule has 0 saturated carbocycles. The Morgan fingerprint density at radius 1 is 1.24 bits per heavy atom. The predicted molar refractivity (Wildman–Crippen MR) is 80.6 cm³/mol. The van der Waals surface area contributed by atoms with Crippen LogP contribution in [0.5, 0.6) is 0 Å². The molecule has 1 aliphatic rings. The van der Waals surface area contributed by atoms with E-state index in [9.17, 15) is 14.7 Å². The number of carbonyl (C=O) groups is 2. The number of amides is 1. The molecule has 1 aromatic heterocycles. The van der Waals surface area contributed by atoms with Gasteiger partial charge in [-0.05, 0) is 23.1 Å². The summed E-state index contributed by atoms with van der Waals surface area (Å²) >= 11 is 7.39. The van der Waals surface area contributed by atoms with E-state index in [-0.39, 0.29) is 11.4 Å². The maximum absolute atomic E-state index is 12.5. The Morgan fingerprint density at radius 2 is 2.00 bits per heavy atom. The molecule has 0 saturated heterocycles. The summed E-state index contributed by atoms with van der Waals surface area (Å²) in [5.74, 6) is -1.58. The highest BCUT2D eigenvalue weighted by Gasteiger charge is 2.38. The highest BCUT2D eigenvalue weighted by molar-refractivity contribution is 7.12. The van der Waals surface area contributed by atoms with Gasteiger partial charge in [0.25, 0.3) is 5.91 Å². The van der Waals surface area contributed by atoms with Crippen molar-refractivity contribution in [1.29, 1.82) is 0 Å². The number of carbonyl (C=O) groups excluding carboxylic acids is 2. The largest absolute Gasteiger partial charge is 0.503 e. The van der Waals surface area contributed by atoms with Crippen molar-refractivity contribution in [3.8, 4) is 0 Å². The van der Waals surface area contributed by atoms with Crippen molar-refractivity contribution in [3.63, 3.8) is 0 Å². The minimum atomic E-state index is -0.735. The maximum atomic E-state index is 12.5. The van der Waals surface area contributed by atoms with Gasteiger partial charge in [0.2, 0.25) is 5.78 Å². The van der Waals surface area contributed by atoms with Crippen LogP contribution in [0.15, 0.2) is 53.1 Å². The van der Waals surface area contributed by atoms with E-state index in [0.717, 1.165) is 0 Å². The zero-order valence-electron chi connectivity index (χ0n) is 10.7. The average molecular weight is 320 g/mol. The topological polar surface area (TPSA) is 66.4 Å². The maximum Gasteiger partial charge on any atom is 0.287 e. The molecule has 1 amide bonds. The zero-order valence-corrected chi connectivity index (χ0v) is 12.2. The number of aliphatic hydroxyl groups is 1. The SMILES string of the molecule is O=C1N[C@@H](c2ccccc2Cl)C(C(=O)c2cccs2)=C1O. The van der Waals surface area contributed by atoms with Crippen molar-refractivity contribution < 1.29 is 14.7 Å². The standard InChI is InChI=1S/C15H10ClNO3S/c16-9-5-2-1-4-8(9)12-11(14(19)15(20)17-12)13(18)10-6-3-7-21-10/h1-7,12,19H,(H,17,20)/t12-/m0/s1. The van der Waals surface area contributed by atoms with Crippen LogP contribution in [0.3, 0.4) is 0 Å². The van der Waals surface area contributed by atoms with E-state index >= 15 is 0 Å². The van der Waals surface area contributed by atoms with Crippen molar-refractivity contribution in [2.45, 2.75) is 6.04 Å². The fourth-order valence-electron chi connectivity index (χ4n) is 2.25. The van der Waals surface area contributed by atoms with Crippen molar-refractivity contribution in [3.05, 3.63) is 68.6 Å². The van der Waals surface area contributed by atoms with Gasteiger partial charge in [-0.2, -0.15) is 0 Å². The Balaban J connectivity index is 2.08. The third kappa shape index (κ3) is 2.34. The molecule has 0 spiro atoms. The van der Waals surface area contributed by atoms with Gasteiger partial charge in [0.05, 0.1) is 16.5 Å². The molecular formula is C15H10ClNO3S. The number of nitrogens with one attached hydrogen (secondary N) is 1. The van der Waals surface area contributed by atoms with Crippen molar-refractivity contribution in [1.82, 2.24) is 5.32 Å². The van der Waals surface area contributed by atoms with Gasteiger partial charge < -0.3 is 10.4 Å². The van der Waals surface area contributed by atoms with Gasteiger partial charge >= 0.3 is 0 Å². The van der Waals surface area contributed by atoms with Crippen LogP contribution in [-0.4, -0.2) is 16.8 Å². The number of aliphatic hydroxyl groups excluding tert-OH is 1. The fraction of sp³-hybridized carbons (Fsp3) is 0.0667. The first-order valence-corrected chi connectivity index (χ1v) is 7.42. The van der Waals surface area contributed by atoms with Gasteiger partial charge in [-0.25, -0.2) is 0 Å². The van der Waals surface area contributed by atoms with E-state index in [1.54, 1.807) is 41.8 Å². The number of thiophene rings is 1. The smallest absolute Gasteiger partial charge is 0.287 e. The predicted octanol–water partition coefficient (Wildman–Crippen LogP) is 3.27. The van der Waals surface area contributed by atoms with Crippen LogP contribution in [0.1, 0.15) is 21.3 Å². The van der Waals surface area contributed by atoms with Crippen LogP contribution in [0.25, 0.3) is 0 Å². The summed E-state index contributed by atoms with van der Waals surface area (Å²) in [7, 11) is 0. The molecule has 21 heavy (non-hydrogen) atoms. The third-order valence-electron chi connectivity index (χ3n) is 3.24. The number of rotatable bonds is 3. The summed E-state index contributed by atoms with van der Waals surface area (Å²) in [6.07, 6.45) is 0. The van der Waals surface area contributed by atoms with Crippen LogP contribution in [0.2, 0.25) is 5.02 Å². The minimum absolute atomic E-state index is 0.0375. The molecule has 1 aromatic carbocycles. The summed E-state index contributed by atoms with van der Waals surface area (Å²) in [4.78, 5) is 24.7. The molecule has 1 aliphatic heterocycles. The van der Waals surface area contributed by atoms with Gasteiger partial charge in [-0.15, -0.1) is 11.3 Å². The van der Waals surface area contributed by atoms with Gasteiger partial charge in [0.1, 0.15) is 0 Å². The van der Waals surface area contributed by atoms with E-state index in [2.05, 4.69) is 5.32 Å². The average Bonchev–Trinajstić information content (AvgIpc) is 3.09. The second kappa shape index (κ2) is 5.35. The minimum Gasteiger partial charge on any atom is -0.503 e. The first kappa shape index (κ1) is 13.9. The quantitative estimate of drug-likeness (QED) is 0.853. The Morgan fingerprint density at radius 3 is 2.67 bits per heavy atom. The Kier molecular flexibility index (Phi) is 3.53. The van der Waals surface area contributed by atoms with E-state index in [1.165, 1.54) is 11.3 Å². The number of halogens is 1. The van der Waals surface area contributed by atoms with E-state index < -0.39 is 17.7 Å². The van der Waals surface area contributed by atoms with E-state index in [4.69, 9.17) is 11.6 Å². The molecule has 2 heterocycles. The molecule has 0 radical (unpaired) electrons. The molecule has 4 nitrogen and oxygen atoms in total. The second-order valence-electron chi connectivity index (χ2n) is 4.50. The van der Waals surface area contributed by atoms with Crippen LogP contribution in [0, 0.1) is 0 Å². The van der Waals surface area contributed by atoms with E-state index in [1.807, 2.05) is 0 Å². The number of ketones is 1. The van der Waals surface area contributed by atoms with Crippen LogP contribution in [-0.2, 0) is 4.79 Å². The normalized spacial score (nSPS) is 18.0. The third-order valence-corrected chi connectivity index (χ3v) is 4.45.